The van der Waals surface area contributed by atoms with Gasteiger partial charge < -0.3 is 9.47 Å². The molecule has 1 aliphatic carbocycles. The van der Waals surface area contributed by atoms with Gasteiger partial charge in [0.05, 0.1) is 22.3 Å². The van der Waals surface area contributed by atoms with Crippen LogP contribution in [0, 0.1) is 0 Å². The summed E-state index contributed by atoms with van der Waals surface area (Å²) in [6, 6.07) is 7.40. The highest BCUT2D eigenvalue weighted by Gasteiger charge is 2.38. The molecule has 6 nitrogen and oxygen atoms in total. The number of carbonyl (C=O) groups excluding carboxylic acids is 4. The Morgan fingerprint density at radius 1 is 0.667 bits per heavy atom. The first-order chi connectivity index (χ1) is 13.0. The van der Waals surface area contributed by atoms with Crippen molar-refractivity contribution in [3.63, 3.8) is 0 Å². The Balaban J connectivity index is 1.75. The topological polar surface area (TPSA) is 86.7 Å². The number of ether oxygens (including phenoxy) is 2. The number of esters is 4. The van der Waals surface area contributed by atoms with Crippen molar-refractivity contribution in [3.05, 3.63) is 68.8 Å². The predicted molar refractivity (Wildman–Crippen MR) is 91.9 cm³/mol. The lowest BCUT2D eigenvalue weighted by Gasteiger charge is -2.19. The van der Waals surface area contributed by atoms with Crippen LogP contribution in [-0.2, 0) is 28.7 Å². The maximum Gasteiger partial charge on any atom is 0.347 e. The van der Waals surface area contributed by atoms with E-state index in [-0.39, 0.29) is 5.92 Å². The van der Waals surface area contributed by atoms with E-state index in [2.05, 4.69) is 0 Å². The lowest BCUT2D eigenvalue weighted by molar-refractivity contribution is 0.0424. The predicted octanol–water partition coefficient (Wildman–Crippen LogP) is 2.75. The van der Waals surface area contributed by atoms with Gasteiger partial charge in [-0.3, -0.25) is 0 Å². The maximum absolute atomic E-state index is 12.3. The molecule has 27 heavy (non-hydrogen) atoms. The third-order valence-electron chi connectivity index (χ3n) is 5.61. The van der Waals surface area contributed by atoms with Gasteiger partial charge in [0.25, 0.3) is 0 Å². The summed E-state index contributed by atoms with van der Waals surface area (Å²) in [5.41, 5.74) is 4.13. The molecule has 0 N–H and O–H groups in total. The normalized spacial score (nSPS) is 20.1. The minimum atomic E-state index is -0.621. The third kappa shape index (κ3) is 2.13. The first-order valence-corrected chi connectivity index (χ1v) is 8.79. The summed E-state index contributed by atoms with van der Waals surface area (Å²) in [5.74, 6) is -2.64. The number of aryl methyl sites for hydroxylation is 2. The lowest BCUT2D eigenvalue weighted by atomic mass is 9.82. The summed E-state index contributed by atoms with van der Waals surface area (Å²) in [6.07, 6.45) is 1.30. The Hall–Kier alpha value is -3.28. The Labute approximate surface area is 154 Å². The van der Waals surface area contributed by atoms with Gasteiger partial charge >= 0.3 is 23.9 Å². The number of rotatable bonds is 0. The molecule has 2 aromatic carbocycles. The van der Waals surface area contributed by atoms with E-state index in [1.165, 1.54) is 0 Å². The van der Waals surface area contributed by atoms with Gasteiger partial charge in [0.1, 0.15) is 0 Å². The van der Waals surface area contributed by atoms with Crippen molar-refractivity contribution in [3.8, 4) is 0 Å². The summed E-state index contributed by atoms with van der Waals surface area (Å²) in [6.45, 7) is 1.92. The molecule has 2 heterocycles. The van der Waals surface area contributed by atoms with Crippen molar-refractivity contribution >= 4 is 23.9 Å². The smallest absolute Gasteiger partial charge is 0.347 e. The zero-order chi connectivity index (χ0) is 18.9. The van der Waals surface area contributed by atoms with Gasteiger partial charge in [-0.15, -0.1) is 0 Å². The van der Waals surface area contributed by atoms with E-state index < -0.39 is 23.9 Å². The van der Waals surface area contributed by atoms with Gasteiger partial charge in [-0.1, -0.05) is 31.2 Å². The van der Waals surface area contributed by atoms with E-state index in [0.717, 1.165) is 0 Å². The monoisotopic (exact) mass is 362 g/mol. The van der Waals surface area contributed by atoms with Crippen LogP contribution in [0.2, 0.25) is 0 Å². The minimum Gasteiger partial charge on any atom is -0.386 e. The average molecular weight is 362 g/mol. The number of benzene rings is 2. The molecule has 0 saturated carbocycles. The summed E-state index contributed by atoms with van der Waals surface area (Å²) in [5, 5.41) is 0. The molecule has 0 unspecified atom stereocenters. The van der Waals surface area contributed by atoms with Gasteiger partial charge in [0.2, 0.25) is 0 Å². The summed E-state index contributed by atoms with van der Waals surface area (Å²) < 4.78 is 9.73. The zero-order valence-electron chi connectivity index (χ0n) is 14.5. The quantitative estimate of drug-likeness (QED) is 0.529. The van der Waals surface area contributed by atoms with Crippen molar-refractivity contribution in [1.29, 1.82) is 0 Å². The van der Waals surface area contributed by atoms with E-state index >= 15 is 0 Å². The molecular formula is C21H14O6. The number of cyclic esters (lactones) is 4. The standard InChI is InChI=1S/C21H14O6/c1-9-8-12-5-4-10(14-16(12)20(24)26-18(14)22)2-3-11-6-7-13(9)17-15(11)19(23)27-21(17)25/h4-7,9H,2-3,8H2,1H3/t9-/m0/s1. The van der Waals surface area contributed by atoms with E-state index in [1.54, 1.807) is 0 Å². The molecule has 6 heteroatoms. The second-order valence-corrected chi connectivity index (χ2v) is 7.16. The van der Waals surface area contributed by atoms with Crippen LogP contribution in [0.4, 0.5) is 0 Å². The van der Waals surface area contributed by atoms with Crippen LogP contribution in [0.5, 0.6) is 0 Å². The van der Waals surface area contributed by atoms with Crippen LogP contribution in [0.15, 0.2) is 24.3 Å². The second-order valence-electron chi connectivity index (χ2n) is 7.16. The van der Waals surface area contributed by atoms with Gasteiger partial charge in [-0.05, 0) is 47.4 Å². The van der Waals surface area contributed by atoms with Crippen molar-refractivity contribution < 1.29 is 28.7 Å². The van der Waals surface area contributed by atoms with Gasteiger partial charge in [0, 0.05) is 0 Å². The van der Waals surface area contributed by atoms with E-state index in [4.69, 9.17) is 9.47 Å². The van der Waals surface area contributed by atoms with E-state index in [1.807, 2.05) is 31.2 Å². The lowest BCUT2D eigenvalue weighted by Crippen LogP contribution is -2.13. The zero-order valence-corrected chi connectivity index (χ0v) is 14.5. The fourth-order valence-electron chi connectivity index (χ4n) is 4.35. The number of fused-ring (bicyclic) bond motifs is 12. The van der Waals surface area contributed by atoms with Crippen LogP contribution >= 0.6 is 0 Å². The van der Waals surface area contributed by atoms with Crippen LogP contribution in [0.25, 0.3) is 0 Å². The average Bonchev–Trinajstić information content (AvgIpc) is 3.09. The van der Waals surface area contributed by atoms with Gasteiger partial charge in [0.15, 0.2) is 0 Å². The SMILES string of the molecule is C[C@H]1Cc2ccc(c3c2C(=O)OC3=O)CCc2ccc1c1c2C(=O)OC1=O. The van der Waals surface area contributed by atoms with Crippen molar-refractivity contribution in [2.24, 2.45) is 0 Å². The highest BCUT2D eigenvalue weighted by atomic mass is 16.6. The Morgan fingerprint density at radius 2 is 1.11 bits per heavy atom. The molecule has 2 aromatic rings. The summed E-state index contributed by atoms with van der Waals surface area (Å²) in [4.78, 5) is 49.0. The summed E-state index contributed by atoms with van der Waals surface area (Å²) in [7, 11) is 0. The fourth-order valence-corrected chi connectivity index (χ4v) is 4.35. The molecule has 4 bridgehead atoms. The molecule has 1 atom stereocenters. The number of hydrogen-bond acceptors (Lipinski definition) is 6. The largest absolute Gasteiger partial charge is 0.386 e. The van der Waals surface area contributed by atoms with Gasteiger partial charge in [-0.2, -0.15) is 0 Å². The first kappa shape index (κ1) is 15.9. The highest BCUT2D eigenvalue weighted by Crippen LogP contribution is 2.37. The molecule has 5 rings (SSSR count). The molecule has 0 amide bonds. The molecule has 3 aliphatic rings. The fraction of sp³-hybridized carbons (Fsp3) is 0.238. The van der Waals surface area contributed by atoms with Crippen LogP contribution in [0.3, 0.4) is 0 Å². The molecule has 0 spiro atoms. The highest BCUT2D eigenvalue weighted by molar-refractivity contribution is 6.17. The molecule has 2 aliphatic heterocycles. The summed E-state index contributed by atoms with van der Waals surface area (Å²) >= 11 is 0. The minimum absolute atomic E-state index is 0.163. The molecule has 0 radical (unpaired) electrons. The molecular weight excluding hydrogens is 348 g/mol. The van der Waals surface area contributed by atoms with Crippen LogP contribution < -0.4 is 0 Å². The Kier molecular flexibility index (Phi) is 3.16. The second kappa shape index (κ2) is 5.36. The van der Waals surface area contributed by atoms with Crippen molar-refractivity contribution in [2.45, 2.75) is 32.1 Å². The van der Waals surface area contributed by atoms with Crippen LogP contribution in [0.1, 0.15) is 76.5 Å². The number of hydrogen-bond donors (Lipinski definition) is 0. The molecule has 0 fully saturated rings. The van der Waals surface area contributed by atoms with E-state index in [0.29, 0.717) is 63.8 Å². The third-order valence-corrected chi connectivity index (χ3v) is 5.61. The molecule has 0 aromatic heterocycles. The molecule has 134 valence electrons. The van der Waals surface area contributed by atoms with Gasteiger partial charge in [-0.25, -0.2) is 19.2 Å². The van der Waals surface area contributed by atoms with Crippen LogP contribution in [-0.4, -0.2) is 23.9 Å². The van der Waals surface area contributed by atoms with E-state index in [9.17, 15) is 19.2 Å². The maximum atomic E-state index is 12.3. The molecule has 0 saturated heterocycles. The Bertz CT molecular complexity index is 1090. The Morgan fingerprint density at radius 3 is 1.74 bits per heavy atom. The van der Waals surface area contributed by atoms with Crippen molar-refractivity contribution in [2.75, 3.05) is 0 Å². The number of carbonyl (C=O) groups is 4. The first-order valence-electron chi connectivity index (χ1n) is 8.79. The van der Waals surface area contributed by atoms with Crippen molar-refractivity contribution in [1.82, 2.24) is 0 Å².